The molecule has 0 unspecified atom stereocenters. The summed E-state index contributed by atoms with van der Waals surface area (Å²) in [5, 5.41) is 0. The van der Waals surface area contributed by atoms with Crippen LogP contribution in [-0.4, -0.2) is 0 Å². The van der Waals surface area contributed by atoms with Gasteiger partial charge in [-0.3, -0.25) is 0 Å². The van der Waals surface area contributed by atoms with Crippen molar-refractivity contribution in [3.8, 4) is 0 Å². The lowest BCUT2D eigenvalue weighted by Crippen LogP contribution is -2.02. The van der Waals surface area contributed by atoms with Crippen molar-refractivity contribution in [2.24, 2.45) is 0 Å². The van der Waals surface area contributed by atoms with E-state index in [-0.39, 0.29) is 0 Å². The Morgan fingerprint density at radius 1 is 1.09 bits per heavy atom. The second-order valence-corrected chi connectivity index (χ2v) is 2.49. The lowest BCUT2D eigenvalue weighted by molar-refractivity contribution is 1.15. The number of nitrogen functional groups attached to an aromatic ring is 3. The van der Waals surface area contributed by atoms with Crippen molar-refractivity contribution in [2.75, 3.05) is 17.2 Å². The zero-order valence-electron chi connectivity index (χ0n) is 6.59. The third-order valence-corrected chi connectivity index (χ3v) is 1.78. The Labute approximate surface area is 66.2 Å². The zero-order chi connectivity index (χ0) is 8.43. The molecule has 60 valence electrons. The zero-order valence-corrected chi connectivity index (χ0v) is 6.59. The quantitative estimate of drug-likeness (QED) is 0.524. The van der Waals surface area contributed by atoms with Crippen LogP contribution in [0.3, 0.4) is 0 Å². The standard InChI is InChI=1S/C8H13N3/c1-2-5-6(9)3-4-7(10)8(5)11/h3-4H,2,9-11H2,1H3. The Morgan fingerprint density at radius 2 is 1.64 bits per heavy atom. The molecule has 1 aromatic rings. The summed E-state index contributed by atoms with van der Waals surface area (Å²) in [6.45, 7) is 2.00. The number of anilines is 3. The van der Waals surface area contributed by atoms with Gasteiger partial charge in [-0.1, -0.05) is 6.92 Å². The summed E-state index contributed by atoms with van der Waals surface area (Å²) in [5.41, 5.74) is 19.8. The van der Waals surface area contributed by atoms with Crippen LogP contribution in [0, 0.1) is 0 Å². The first-order valence-electron chi connectivity index (χ1n) is 3.59. The van der Waals surface area contributed by atoms with E-state index in [1.54, 1.807) is 12.1 Å². The molecule has 11 heavy (non-hydrogen) atoms. The minimum absolute atomic E-state index is 0.607. The summed E-state index contributed by atoms with van der Waals surface area (Å²) in [5.74, 6) is 0. The predicted octanol–water partition coefficient (Wildman–Crippen LogP) is 0.996. The lowest BCUT2D eigenvalue weighted by Gasteiger charge is -2.08. The Kier molecular flexibility index (Phi) is 1.89. The van der Waals surface area contributed by atoms with Crippen molar-refractivity contribution in [1.82, 2.24) is 0 Å². The van der Waals surface area contributed by atoms with Crippen LogP contribution in [0.1, 0.15) is 12.5 Å². The second kappa shape index (κ2) is 2.70. The first-order chi connectivity index (χ1) is 5.16. The third kappa shape index (κ3) is 1.22. The largest absolute Gasteiger partial charge is 0.398 e. The van der Waals surface area contributed by atoms with E-state index in [0.717, 1.165) is 17.7 Å². The van der Waals surface area contributed by atoms with Crippen molar-refractivity contribution in [1.29, 1.82) is 0 Å². The van der Waals surface area contributed by atoms with Crippen LogP contribution < -0.4 is 17.2 Å². The van der Waals surface area contributed by atoms with Gasteiger partial charge in [0.25, 0.3) is 0 Å². The molecule has 3 nitrogen and oxygen atoms in total. The molecule has 0 fully saturated rings. The highest BCUT2D eigenvalue weighted by Gasteiger charge is 2.03. The Morgan fingerprint density at radius 3 is 2.09 bits per heavy atom. The maximum absolute atomic E-state index is 5.69. The molecule has 1 aromatic carbocycles. The molecule has 0 amide bonds. The van der Waals surface area contributed by atoms with Crippen LogP contribution in [-0.2, 0) is 6.42 Å². The van der Waals surface area contributed by atoms with E-state index in [9.17, 15) is 0 Å². The van der Waals surface area contributed by atoms with Gasteiger partial charge in [-0.25, -0.2) is 0 Å². The maximum atomic E-state index is 5.69. The summed E-state index contributed by atoms with van der Waals surface area (Å²) in [6.07, 6.45) is 0.822. The first-order valence-corrected chi connectivity index (χ1v) is 3.59. The van der Waals surface area contributed by atoms with Crippen molar-refractivity contribution in [2.45, 2.75) is 13.3 Å². The monoisotopic (exact) mass is 151 g/mol. The van der Waals surface area contributed by atoms with Crippen LogP contribution in [0.2, 0.25) is 0 Å². The predicted molar refractivity (Wildman–Crippen MR) is 49.1 cm³/mol. The van der Waals surface area contributed by atoms with E-state index in [1.165, 1.54) is 0 Å². The van der Waals surface area contributed by atoms with Gasteiger partial charge in [-0.15, -0.1) is 0 Å². The van der Waals surface area contributed by atoms with E-state index >= 15 is 0 Å². The average Bonchev–Trinajstić information content (AvgIpc) is 1.99. The van der Waals surface area contributed by atoms with Gasteiger partial charge in [0.2, 0.25) is 0 Å². The number of benzene rings is 1. The molecule has 0 radical (unpaired) electrons. The molecule has 0 saturated heterocycles. The lowest BCUT2D eigenvalue weighted by atomic mass is 10.1. The smallest absolute Gasteiger partial charge is 0.0600 e. The van der Waals surface area contributed by atoms with E-state index in [4.69, 9.17) is 17.2 Å². The molecular weight excluding hydrogens is 138 g/mol. The van der Waals surface area contributed by atoms with E-state index < -0.39 is 0 Å². The molecule has 0 heterocycles. The van der Waals surface area contributed by atoms with Gasteiger partial charge in [0.05, 0.1) is 11.4 Å². The van der Waals surface area contributed by atoms with E-state index in [2.05, 4.69) is 0 Å². The molecule has 1 rings (SSSR count). The summed E-state index contributed by atoms with van der Waals surface area (Å²) < 4.78 is 0. The molecule has 0 aliphatic heterocycles. The van der Waals surface area contributed by atoms with Gasteiger partial charge >= 0.3 is 0 Å². The van der Waals surface area contributed by atoms with E-state index in [1.807, 2.05) is 6.92 Å². The maximum Gasteiger partial charge on any atom is 0.0600 e. The number of hydrogen-bond acceptors (Lipinski definition) is 3. The van der Waals surface area contributed by atoms with Crippen LogP contribution in [0.15, 0.2) is 12.1 Å². The molecular formula is C8H13N3. The molecule has 0 aliphatic rings. The summed E-state index contributed by atoms with van der Waals surface area (Å²) in [7, 11) is 0. The Bertz CT molecular complexity index is 268. The summed E-state index contributed by atoms with van der Waals surface area (Å²) >= 11 is 0. The molecule has 0 bridgehead atoms. The minimum atomic E-state index is 0.607. The van der Waals surface area contributed by atoms with E-state index in [0.29, 0.717) is 11.4 Å². The molecule has 0 aromatic heterocycles. The fraction of sp³-hybridized carbons (Fsp3) is 0.250. The van der Waals surface area contributed by atoms with Gasteiger partial charge in [0.15, 0.2) is 0 Å². The summed E-state index contributed by atoms with van der Waals surface area (Å²) in [6, 6.07) is 3.51. The van der Waals surface area contributed by atoms with Crippen LogP contribution in [0.5, 0.6) is 0 Å². The van der Waals surface area contributed by atoms with Gasteiger partial charge in [-0.2, -0.15) is 0 Å². The first kappa shape index (κ1) is 7.72. The topological polar surface area (TPSA) is 78.1 Å². The molecule has 6 N–H and O–H groups in total. The SMILES string of the molecule is CCc1c(N)ccc(N)c1N. The molecule has 3 heteroatoms. The van der Waals surface area contributed by atoms with Crippen molar-refractivity contribution in [3.05, 3.63) is 17.7 Å². The Hall–Kier alpha value is -1.38. The fourth-order valence-electron chi connectivity index (χ4n) is 1.09. The highest BCUT2D eigenvalue weighted by atomic mass is 14.7. The van der Waals surface area contributed by atoms with Gasteiger partial charge in [0, 0.05) is 5.69 Å². The second-order valence-electron chi connectivity index (χ2n) is 2.49. The highest BCUT2D eigenvalue weighted by Crippen LogP contribution is 2.25. The number of rotatable bonds is 1. The van der Waals surface area contributed by atoms with Crippen molar-refractivity contribution >= 4 is 17.1 Å². The van der Waals surface area contributed by atoms with Gasteiger partial charge in [-0.05, 0) is 24.1 Å². The van der Waals surface area contributed by atoms with Crippen molar-refractivity contribution < 1.29 is 0 Å². The number of hydrogen-bond donors (Lipinski definition) is 3. The van der Waals surface area contributed by atoms with Crippen LogP contribution >= 0.6 is 0 Å². The normalized spacial score (nSPS) is 9.91. The highest BCUT2D eigenvalue weighted by molar-refractivity contribution is 5.74. The molecule has 0 saturated carbocycles. The fourth-order valence-corrected chi connectivity index (χ4v) is 1.09. The molecule has 0 aliphatic carbocycles. The summed E-state index contributed by atoms with van der Waals surface area (Å²) in [4.78, 5) is 0. The van der Waals surface area contributed by atoms with Gasteiger partial charge < -0.3 is 17.2 Å². The Balaban J connectivity index is 3.29. The molecule has 0 atom stereocenters. The van der Waals surface area contributed by atoms with Crippen LogP contribution in [0.4, 0.5) is 17.1 Å². The van der Waals surface area contributed by atoms with Crippen molar-refractivity contribution in [3.63, 3.8) is 0 Å². The number of nitrogens with two attached hydrogens (primary N) is 3. The third-order valence-electron chi connectivity index (χ3n) is 1.78. The van der Waals surface area contributed by atoms with Gasteiger partial charge in [0.1, 0.15) is 0 Å². The molecule has 0 spiro atoms. The average molecular weight is 151 g/mol. The minimum Gasteiger partial charge on any atom is -0.398 e. The van der Waals surface area contributed by atoms with Crippen LogP contribution in [0.25, 0.3) is 0 Å².